The van der Waals surface area contributed by atoms with Crippen molar-refractivity contribution in [1.29, 1.82) is 0 Å². The molecule has 10 N–H and O–H groups in total. The minimum absolute atomic E-state index is 0. The fourth-order valence-electron chi connectivity index (χ4n) is 4.78. The Balaban J connectivity index is 0.000000953. The Bertz CT molecular complexity index is 3340. The number of azo groups is 1. The molecule has 6 aromatic rings. The summed E-state index contributed by atoms with van der Waals surface area (Å²) in [4.78, 5) is 37.3. The number of non-ortho nitro benzene ring substituents is 3. The van der Waals surface area contributed by atoms with E-state index in [-0.39, 0.29) is 116 Å². The first kappa shape index (κ1) is 65.8. The maximum absolute atomic E-state index is 11.8. The summed E-state index contributed by atoms with van der Waals surface area (Å²) < 4.78 is 93.2. The molecule has 0 heterocycles. The number of nitrogen functional groups attached to an aromatic ring is 3. The van der Waals surface area contributed by atoms with Gasteiger partial charge in [-0.2, -0.15) is 27.1 Å². The number of hydrogen-bond donors (Lipinski definition) is 7. The Hall–Kier alpha value is -6.15. The van der Waals surface area contributed by atoms with E-state index >= 15 is 0 Å². The third-order valence-electron chi connectivity index (χ3n) is 7.93. The predicted molar refractivity (Wildman–Crippen MR) is 234 cm³/mol. The summed E-state index contributed by atoms with van der Waals surface area (Å²) in [5.74, 6) is -2.18. The van der Waals surface area contributed by atoms with Gasteiger partial charge in [-0.05, 0) is 72.8 Å². The van der Waals surface area contributed by atoms with Gasteiger partial charge in [0, 0.05) is 53.1 Å². The number of phenols is 1. The molecule has 36 heteroatoms. The molecule has 72 heavy (non-hydrogen) atoms. The summed E-state index contributed by atoms with van der Waals surface area (Å²) in [5, 5.41) is 84.3. The zero-order valence-corrected chi connectivity index (χ0v) is 45.3. The van der Waals surface area contributed by atoms with Gasteiger partial charge < -0.3 is 42.4 Å². The number of nitrogens with one attached hydrogen (secondary N) is 1. The fourth-order valence-corrected chi connectivity index (χ4v) is 6.61. The summed E-state index contributed by atoms with van der Waals surface area (Å²) in [7, 11) is -13.5. The van der Waals surface area contributed by atoms with Crippen molar-refractivity contribution in [3.8, 4) is 17.2 Å². The van der Waals surface area contributed by atoms with Crippen molar-refractivity contribution >= 4 is 92.9 Å². The monoisotopic (exact) mass is 1090 g/mol. The maximum atomic E-state index is 11.8. The number of benzene rings is 6. The van der Waals surface area contributed by atoms with Crippen molar-refractivity contribution in [2.45, 2.75) is 14.7 Å². The summed E-state index contributed by atoms with van der Waals surface area (Å²) in [6.45, 7) is 0. The summed E-state index contributed by atoms with van der Waals surface area (Å²) in [6, 6.07) is 21.9. The van der Waals surface area contributed by atoms with E-state index in [1.54, 1.807) is 24.3 Å². The minimum Gasteiger partial charge on any atom is -0.871 e. The molecular weight excluding hydrogens is 1060 g/mol. The molecule has 0 saturated heterocycles. The number of phenolic OH excluding ortho intramolecular Hbond substituents is 1. The van der Waals surface area contributed by atoms with Gasteiger partial charge in [0.1, 0.15) is 20.8 Å². The molecule has 0 fully saturated rings. The van der Waals surface area contributed by atoms with Crippen LogP contribution in [0.3, 0.4) is 0 Å². The van der Waals surface area contributed by atoms with E-state index in [1.807, 2.05) is 0 Å². The van der Waals surface area contributed by atoms with Crippen LogP contribution in [0.2, 0.25) is 0 Å². The molecule has 6 aromatic carbocycles. The molecule has 0 aliphatic carbocycles. The number of anilines is 5. The zero-order chi connectivity index (χ0) is 52.2. The van der Waals surface area contributed by atoms with E-state index in [0.717, 1.165) is 42.5 Å². The molecule has 0 aliphatic rings. The molecule has 0 radical (unpaired) electrons. The normalized spacial score (nSPS) is 10.6. The second-order valence-electron chi connectivity index (χ2n) is 12.8. The fraction of sp³-hybridized carbons (Fsp3) is 0. The molecule has 0 aromatic heterocycles. The Morgan fingerprint density at radius 1 is 0.542 bits per heavy atom. The van der Waals surface area contributed by atoms with Gasteiger partial charge in [0.2, 0.25) is 0 Å². The number of nitro benzene ring substituents is 4. The maximum Gasteiger partial charge on any atom is 1.00 e. The summed E-state index contributed by atoms with van der Waals surface area (Å²) in [5.41, 5.74) is 13.5. The van der Waals surface area contributed by atoms with Crippen LogP contribution in [0.1, 0.15) is 0 Å². The standard InChI is InChI=1S/C12H8N4O7.C12H11N3O5S.C6H6N2O5S.C6H7NO3S.3Na/c17-7-1-2-8(11(18)5-7)13-14-9-3-6(15(20)21)4-10(12(9)19)16(22)23;13-8-1-3-9(4-2-8)14-11-6-5-10(15(16)17)7-12(11)21(18,19)20;7-5-2-1-4(8(9)10)3-6(5)14(11,12)13;7-5-2-1-3-6(4-5)11(8,9)10;;;/h1-5,17-19H;1-7,14H,13H2,(H,18,19,20);1-3H,7H2,(H,11,12,13);1-4H,7H2,(H,8,9,10);;;/q;;;;3*+1/p-3. The Morgan fingerprint density at radius 3 is 1.53 bits per heavy atom. The van der Waals surface area contributed by atoms with Crippen molar-refractivity contribution in [1.82, 2.24) is 0 Å². The average Bonchev–Trinajstić information content (AvgIpc) is 3.24. The van der Waals surface area contributed by atoms with Crippen LogP contribution in [0.5, 0.6) is 17.2 Å². The van der Waals surface area contributed by atoms with E-state index in [4.69, 9.17) is 31.4 Å². The van der Waals surface area contributed by atoms with Crippen LogP contribution in [-0.4, -0.2) is 63.7 Å². The number of nitrogens with two attached hydrogens (primary N) is 3. The Morgan fingerprint density at radius 2 is 1.07 bits per heavy atom. The van der Waals surface area contributed by atoms with E-state index in [2.05, 4.69) is 15.5 Å². The van der Waals surface area contributed by atoms with Gasteiger partial charge in [0.25, 0.3) is 43.0 Å². The first-order valence-corrected chi connectivity index (χ1v) is 21.9. The number of rotatable bonds is 11. The smallest absolute Gasteiger partial charge is 0.871 e. The van der Waals surface area contributed by atoms with Gasteiger partial charge in [0.05, 0.1) is 58.3 Å². The number of aromatic hydroxyl groups is 1. The number of hydrogen-bond acceptors (Lipinski definition) is 24. The van der Waals surface area contributed by atoms with E-state index in [0.29, 0.717) is 35.3 Å². The first-order valence-electron chi connectivity index (χ1n) is 17.7. The molecule has 0 saturated carbocycles. The van der Waals surface area contributed by atoms with E-state index in [1.165, 1.54) is 30.3 Å². The molecule has 0 atom stereocenters. The van der Waals surface area contributed by atoms with Crippen LogP contribution in [-0.2, 0) is 30.4 Å². The van der Waals surface area contributed by atoms with Crippen molar-refractivity contribution in [2.75, 3.05) is 22.5 Å². The average molecular weight is 1090 g/mol. The largest absolute Gasteiger partial charge is 1.00 e. The molecule has 0 unspecified atom stereocenters. The molecule has 0 bridgehead atoms. The third-order valence-corrected chi connectivity index (χ3v) is 10.6. The van der Waals surface area contributed by atoms with Gasteiger partial charge >= 0.3 is 88.7 Å². The SMILES string of the molecule is Nc1ccc(Nc2ccc([N+](=O)[O-])cc2S(=O)(=O)[O-])cc1.Nc1ccc([N+](=O)[O-])cc1S(=O)(=O)O.Nc1cccc(S(=O)(=O)O)c1.O=[N+]([O-])c1cc(N=Nc2ccc(O)cc2[O-])c([O-])c([N+](=O)[O-])c1.[Na+].[Na+].[Na+]. The van der Waals surface area contributed by atoms with Crippen molar-refractivity contribution in [3.05, 3.63) is 156 Å². The Kier molecular flexibility index (Phi) is 25.8. The van der Waals surface area contributed by atoms with Crippen molar-refractivity contribution < 1.29 is 163 Å². The molecule has 0 spiro atoms. The summed E-state index contributed by atoms with van der Waals surface area (Å²) in [6.07, 6.45) is 0. The second kappa shape index (κ2) is 28.2. The quantitative estimate of drug-likeness (QED) is 0.0161. The van der Waals surface area contributed by atoms with Crippen LogP contribution in [0, 0.1) is 40.5 Å². The van der Waals surface area contributed by atoms with Crippen LogP contribution in [0.15, 0.2) is 140 Å². The van der Waals surface area contributed by atoms with Crippen LogP contribution in [0.25, 0.3) is 0 Å². The first-order chi connectivity index (χ1) is 31.9. The molecule has 0 amide bonds. The molecule has 0 aliphatic heterocycles. The predicted octanol–water partition coefficient (Wildman–Crippen LogP) is -4.45. The van der Waals surface area contributed by atoms with Crippen molar-refractivity contribution in [3.63, 3.8) is 0 Å². The number of nitro groups is 4. The number of nitrogens with zero attached hydrogens (tertiary/aromatic N) is 6. The van der Waals surface area contributed by atoms with E-state index in [9.17, 15) is 80.5 Å². The van der Waals surface area contributed by atoms with Gasteiger partial charge in [-0.1, -0.05) is 11.8 Å². The van der Waals surface area contributed by atoms with Gasteiger partial charge in [-0.15, -0.1) is 0 Å². The van der Waals surface area contributed by atoms with Gasteiger partial charge in [0.15, 0.2) is 0 Å². The zero-order valence-electron chi connectivity index (χ0n) is 36.9. The Labute approximate surface area is 471 Å². The van der Waals surface area contributed by atoms with Crippen LogP contribution in [0.4, 0.5) is 62.6 Å². The molecular formula is C36H29N10Na3O20S3. The van der Waals surface area contributed by atoms with Crippen LogP contribution >= 0.6 is 0 Å². The summed E-state index contributed by atoms with van der Waals surface area (Å²) >= 11 is 0. The molecule has 30 nitrogen and oxygen atoms in total. The van der Waals surface area contributed by atoms with Gasteiger partial charge in [-0.3, -0.25) is 49.6 Å². The third kappa shape index (κ3) is 20.2. The van der Waals surface area contributed by atoms with Gasteiger partial charge in [-0.25, -0.2) is 8.42 Å². The molecule has 364 valence electrons. The minimum atomic E-state index is -4.86. The second-order valence-corrected chi connectivity index (χ2v) is 17.0. The molecule has 6 rings (SSSR count). The van der Waals surface area contributed by atoms with Crippen LogP contribution < -0.4 is 121 Å². The topological polar surface area (TPSA) is 520 Å². The van der Waals surface area contributed by atoms with E-state index < -0.39 is 99.8 Å². The van der Waals surface area contributed by atoms with Crippen molar-refractivity contribution in [2.24, 2.45) is 10.2 Å².